The number of carboxylic acids is 4. The van der Waals surface area contributed by atoms with Crippen LogP contribution in [0.4, 0.5) is 0 Å². The highest BCUT2D eigenvalue weighted by Crippen LogP contribution is 2.65. The van der Waals surface area contributed by atoms with Crippen LogP contribution in [-0.4, -0.2) is 122 Å². The van der Waals surface area contributed by atoms with Crippen molar-refractivity contribution >= 4 is 52.9 Å². The standard InChI is InChI=1S/4C32H68P.2C2H2O4/c4*1-5-9-13-17-18-19-20-21-22-23-24-28-32-33(29-25-14-10-6-2,30-26-15-11-7-3)31-27-16-12-8-4;2*3-1(4)2(5)6/h4*5-32H2,1-4H3;2*(H,3,4)(H,5,6)/q4*+1;;/p-4. The molecule has 0 bridgehead atoms. The maximum absolute atomic E-state index is 8.93. The van der Waals surface area contributed by atoms with Crippen molar-refractivity contribution in [1.82, 2.24) is 0 Å². The van der Waals surface area contributed by atoms with E-state index in [4.69, 9.17) is 39.6 Å². The minimum Gasteiger partial charge on any atom is -0.543 e. The van der Waals surface area contributed by atoms with Crippen LogP contribution < -0.4 is 20.4 Å². The third-order valence-corrected chi connectivity index (χ3v) is 52.3. The summed E-state index contributed by atoms with van der Waals surface area (Å²) in [6, 6.07) is 0. The van der Waals surface area contributed by atoms with Gasteiger partial charge in [-0.25, -0.2) is 0 Å². The van der Waals surface area contributed by atoms with Crippen molar-refractivity contribution in [3.63, 3.8) is 0 Å². The number of unbranched alkanes of at least 4 members (excludes halogenated alkanes) is 80. The van der Waals surface area contributed by atoms with Gasteiger partial charge in [-0.2, -0.15) is 0 Å². The maximum atomic E-state index is 8.93. The molecule has 12 heteroatoms. The van der Waals surface area contributed by atoms with Crippen LogP contribution >= 0.6 is 29.0 Å². The Labute approximate surface area is 912 Å². The van der Waals surface area contributed by atoms with Crippen LogP contribution in [-0.2, 0) is 19.2 Å². The molecule has 0 atom stereocenters. The number of carbonyl (C=O) groups is 4. The van der Waals surface area contributed by atoms with Gasteiger partial charge in [-0.1, -0.05) is 522 Å². The molecule has 0 heterocycles. The van der Waals surface area contributed by atoms with Crippen molar-refractivity contribution in [1.29, 1.82) is 0 Å². The molecule has 0 aliphatic rings. The highest BCUT2D eigenvalue weighted by molar-refractivity contribution is 7.77. The summed E-state index contributed by atoms with van der Waals surface area (Å²) in [5.41, 5.74) is 0. The second kappa shape index (κ2) is 131. The molecule has 0 aromatic heterocycles. The molecule has 0 spiro atoms. The number of hydrogen-bond acceptors (Lipinski definition) is 8. The lowest BCUT2D eigenvalue weighted by molar-refractivity contribution is -0.345. The van der Waals surface area contributed by atoms with Gasteiger partial charge in [0.2, 0.25) is 0 Å². The zero-order valence-corrected chi connectivity index (χ0v) is 106. The van der Waals surface area contributed by atoms with Gasteiger partial charge >= 0.3 is 0 Å². The molecule has 0 saturated carbocycles. The monoisotopic (exact) mass is 2110 g/mol. The van der Waals surface area contributed by atoms with E-state index in [9.17, 15) is 0 Å². The molecule has 0 saturated heterocycles. The molecular weight excluding hydrogens is 1840 g/mol. The van der Waals surface area contributed by atoms with Crippen LogP contribution in [0.2, 0.25) is 0 Å². The highest BCUT2D eigenvalue weighted by Gasteiger charge is 2.39. The number of aliphatic carboxylic acids is 4. The fourth-order valence-electron chi connectivity index (χ4n) is 22.3. The molecule has 0 radical (unpaired) electrons. The van der Waals surface area contributed by atoms with E-state index in [0.717, 1.165) is 0 Å². The van der Waals surface area contributed by atoms with E-state index >= 15 is 0 Å². The first-order chi connectivity index (χ1) is 70.3. The molecule has 0 N–H and O–H groups in total. The molecule has 0 aliphatic heterocycles. The first kappa shape index (κ1) is 154. The quantitative estimate of drug-likeness (QED) is 0.0330. The molecule has 868 valence electrons. The third kappa shape index (κ3) is 122. The van der Waals surface area contributed by atoms with Crippen molar-refractivity contribution < 1.29 is 39.6 Å². The molecule has 8 nitrogen and oxygen atoms in total. The van der Waals surface area contributed by atoms with Crippen molar-refractivity contribution in [3.8, 4) is 0 Å². The van der Waals surface area contributed by atoms with Crippen LogP contribution in [0.1, 0.15) is 727 Å². The van der Waals surface area contributed by atoms with Crippen molar-refractivity contribution in [2.75, 3.05) is 98.6 Å². The Balaban J connectivity index is -0.000000423. The summed E-state index contributed by atoms with van der Waals surface area (Å²) in [5, 5.41) is 35.7. The van der Waals surface area contributed by atoms with Crippen molar-refractivity contribution in [2.45, 2.75) is 727 Å². The predicted molar refractivity (Wildman–Crippen MR) is 660 cm³/mol. The van der Waals surface area contributed by atoms with E-state index in [1.165, 1.54) is 514 Å². The maximum Gasteiger partial charge on any atom is 0.0870 e. The van der Waals surface area contributed by atoms with Gasteiger partial charge in [0, 0.05) is 29.0 Å². The first-order valence-electron chi connectivity index (χ1n) is 66.5. The number of carboxylic acid groups (broad SMARTS) is 4. The summed E-state index contributed by atoms with van der Waals surface area (Å²) < 4.78 is 0. The molecular formula is C132H272O8P4. The molecule has 144 heavy (non-hydrogen) atoms. The molecule has 0 aromatic carbocycles. The van der Waals surface area contributed by atoms with Gasteiger partial charge in [0.1, 0.15) is 0 Å². The largest absolute Gasteiger partial charge is 0.543 e. The summed E-state index contributed by atoms with van der Waals surface area (Å²) >= 11 is 0. The summed E-state index contributed by atoms with van der Waals surface area (Å²) in [6.07, 6.45) is 168. The molecule has 0 aliphatic carbocycles. The zero-order chi connectivity index (χ0) is 108. The lowest BCUT2D eigenvalue weighted by Crippen LogP contribution is -2.42. The molecule has 0 amide bonds. The van der Waals surface area contributed by atoms with E-state index in [1.54, 1.807) is 201 Å². The average Bonchev–Trinajstić information content (AvgIpc) is 0.884. The van der Waals surface area contributed by atoms with E-state index in [-0.39, 0.29) is 0 Å². The Bertz CT molecular complexity index is 1940. The Morgan fingerprint density at radius 3 is 0.201 bits per heavy atom. The molecule has 0 unspecified atom stereocenters. The second-order valence-electron chi connectivity index (χ2n) is 46.4. The van der Waals surface area contributed by atoms with Crippen LogP contribution in [0.15, 0.2) is 0 Å². The van der Waals surface area contributed by atoms with Crippen LogP contribution in [0, 0.1) is 0 Å². The average molecular weight is 2110 g/mol. The van der Waals surface area contributed by atoms with Crippen LogP contribution in [0.3, 0.4) is 0 Å². The smallest absolute Gasteiger partial charge is 0.0870 e. The predicted octanol–water partition coefficient (Wildman–Crippen LogP) is 42.8. The SMILES string of the molecule is CCCCCCCCCCCCCC[P+](CCCCCC)(CCCCCC)CCCCCC.CCCCCCCCCCCCCC[P+](CCCCCC)(CCCCCC)CCCCCC.CCCCCCCCCCCCCC[P+](CCCCCC)(CCCCCC)CCCCCC.CCCCCCCCCCCCCC[P+](CCCCCC)(CCCCCC)CCCCCC.O=C([O-])C(=O)[O-].O=C([O-])C(=O)[O-]. The van der Waals surface area contributed by atoms with E-state index in [0.29, 0.717) is 0 Å². The van der Waals surface area contributed by atoms with Gasteiger partial charge in [-0.05, 0) is 205 Å². The van der Waals surface area contributed by atoms with Gasteiger partial charge in [0.15, 0.2) is 0 Å². The van der Waals surface area contributed by atoms with E-state index in [2.05, 4.69) is 111 Å². The molecule has 0 rings (SSSR count). The van der Waals surface area contributed by atoms with Gasteiger partial charge in [-0.3, -0.25) is 0 Å². The Morgan fingerprint density at radius 2 is 0.146 bits per heavy atom. The topological polar surface area (TPSA) is 161 Å². The lowest BCUT2D eigenvalue weighted by atomic mass is 10.1. The van der Waals surface area contributed by atoms with E-state index in [1.807, 2.05) is 0 Å². The Morgan fingerprint density at radius 1 is 0.0972 bits per heavy atom. The third-order valence-electron chi connectivity index (χ3n) is 32.1. The summed E-state index contributed by atoms with van der Waals surface area (Å²) in [5.74, 6) is -8.74. The van der Waals surface area contributed by atoms with Gasteiger partial charge in [0.05, 0.1) is 122 Å². The van der Waals surface area contributed by atoms with E-state index < -0.39 is 52.9 Å². The minimum absolute atomic E-state index is 0.697. The van der Waals surface area contributed by atoms with Crippen molar-refractivity contribution in [3.05, 3.63) is 0 Å². The molecule has 0 aromatic rings. The Kier molecular flexibility index (Phi) is 141. The fourth-order valence-corrected chi connectivity index (χ4v) is 42.0. The summed E-state index contributed by atoms with van der Waals surface area (Å²) in [6.45, 7) is 37.7. The number of hydrogen-bond donors (Lipinski definition) is 0. The highest BCUT2D eigenvalue weighted by atomic mass is 31.2. The number of rotatable bonds is 112. The van der Waals surface area contributed by atoms with Gasteiger partial charge in [-0.15, -0.1) is 0 Å². The fraction of sp³-hybridized carbons (Fsp3) is 0.970. The lowest BCUT2D eigenvalue weighted by Gasteiger charge is -2.28. The normalized spacial score (nSPS) is 11.6. The van der Waals surface area contributed by atoms with Crippen LogP contribution in [0.25, 0.3) is 0 Å². The van der Waals surface area contributed by atoms with Gasteiger partial charge < -0.3 is 39.6 Å². The Hall–Kier alpha value is -0.400. The zero-order valence-electron chi connectivity index (χ0n) is 102. The summed E-state index contributed by atoms with van der Waals surface area (Å²) in [7, 11) is -2.79. The molecule has 0 fully saturated rings. The minimum atomic E-state index is -2.19. The second-order valence-corrected chi connectivity index (χ2v) is 64.3. The summed E-state index contributed by atoms with van der Waals surface area (Å²) in [4.78, 5) is 35.7. The number of carbonyl (C=O) groups excluding carboxylic acids is 4. The van der Waals surface area contributed by atoms with Crippen LogP contribution in [0.5, 0.6) is 0 Å². The van der Waals surface area contributed by atoms with Crippen molar-refractivity contribution in [2.24, 2.45) is 0 Å². The first-order valence-corrected chi connectivity index (χ1v) is 76.6. The van der Waals surface area contributed by atoms with Gasteiger partial charge in [0.25, 0.3) is 0 Å².